The second-order valence-electron chi connectivity index (χ2n) is 7.25. The fourth-order valence-corrected chi connectivity index (χ4v) is 5.11. The van der Waals surface area contributed by atoms with Gasteiger partial charge in [-0.2, -0.15) is 4.98 Å². The van der Waals surface area contributed by atoms with Gasteiger partial charge in [-0.15, -0.1) is 11.3 Å². The Morgan fingerprint density at radius 2 is 2.10 bits per heavy atom. The number of morpholine rings is 1. The van der Waals surface area contributed by atoms with E-state index in [2.05, 4.69) is 30.1 Å². The maximum atomic E-state index is 6.11. The first-order chi connectivity index (χ1) is 14.1. The normalized spacial score (nSPS) is 17.5. The highest BCUT2D eigenvalue weighted by molar-refractivity contribution is 7.51. The lowest BCUT2D eigenvalue weighted by atomic mass is 10.2. The summed E-state index contributed by atoms with van der Waals surface area (Å²) in [6, 6.07) is 8.27. The Morgan fingerprint density at radius 1 is 1.24 bits per heavy atom. The lowest BCUT2D eigenvalue weighted by Crippen LogP contribution is -2.44. The van der Waals surface area contributed by atoms with E-state index in [-0.39, 0.29) is 6.04 Å². The molecule has 0 amide bonds. The first-order valence-corrected chi connectivity index (χ1v) is 12.6. The Hall–Kier alpha value is -2.28. The van der Waals surface area contributed by atoms with Crippen LogP contribution in [0.25, 0.3) is 27.2 Å². The van der Waals surface area contributed by atoms with Crippen LogP contribution in [0.1, 0.15) is 6.92 Å². The molecule has 150 valence electrons. The predicted octanol–water partition coefficient (Wildman–Crippen LogP) is 4.29. The number of thiophene rings is 1. The first-order valence-electron chi connectivity index (χ1n) is 9.53. The Kier molecular flexibility index (Phi) is 4.86. The smallest absolute Gasteiger partial charge is 0.238 e. The summed E-state index contributed by atoms with van der Waals surface area (Å²) < 4.78 is 14.8. The summed E-state index contributed by atoms with van der Waals surface area (Å²) in [5, 5.41) is 2.05. The minimum Gasteiger partial charge on any atom is -0.471 e. The van der Waals surface area contributed by atoms with Crippen LogP contribution in [0, 0.1) is 0 Å². The maximum Gasteiger partial charge on any atom is 0.238 e. The van der Waals surface area contributed by atoms with Crippen molar-refractivity contribution in [3.8, 4) is 11.7 Å². The Labute approximate surface area is 174 Å². The third kappa shape index (κ3) is 3.35. The highest BCUT2D eigenvalue weighted by atomic mass is 32.1. The summed E-state index contributed by atoms with van der Waals surface area (Å²) in [7, 11) is -0.547. The van der Waals surface area contributed by atoms with E-state index in [1.807, 2.05) is 34.2 Å². The molecule has 0 saturated carbocycles. The van der Waals surface area contributed by atoms with Crippen molar-refractivity contribution < 1.29 is 9.26 Å². The summed E-state index contributed by atoms with van der Waals surface area (Å²) in [5.74, 6) is 2.38. The number of hydrogen-bond acceptors (Lipinski definition) is 7. The van der Waals surface area contributed by atoms with Crippen molar-refractivity contribution >= 4 is 46.6 Å². The molecule has 1 atom stereocenters. The van der Waals surface area contributed by atoms with Crippen molar-refractivity contribution in [2.45, 2.75) is 13.0 Å². The van der Waals surface area contributed by atoms with Gasteiger partial charge in [-0.1, -0.05) is 12.1 Å². The number of benzene rings is 1. The minimum atomic E-state index is -0.547. The zero-order valence-corrected chi connectivity index (χ0v) is 18.3. The molecule has 1 fully saturated rings. The Morgan fingerprint density at radius 3 is 2.93 bits per heavy atom. The standard InChI is InChI=1S/C20H22N5O2PS/c1-13-10-26-9-8-24(13)19-18-17(16(11-29-18)27-28(2)3)22-20(23-19)25-12-21-14-6-4-5-7-15(14)25/h4-7,11-13H,8-10H2,1-3H3/t13-/m1/s1. The van der Waals surface area contributed by atoms with Crippen LogP contribution < -0.4 is 9.42 Å². The lowest BCUT2D eigenvalue weighted by molar-refractivity contribution is 0.0987. The SMILES string of the molecule is C[C@@H]1COCCN1c1nc(-n2cnc3ccccc32)nc2c(OP(C)C)csc12. The van der Waals surface area contributed by atoms with E-state index in [4.69, 9.17) is 19.2 Å². The van der Waals surface area contributed by atoms with E-state index in [0.29, 0.717) is 19.2 Å². The molecular formula is C20H22N5O2PS. The molecule has 1 aliphatic heterocycles. The molecule has 1 aromatic carbocycles. The monoisotopic (exact) mass is 427 g/mol. The molecule has 0 N–H and O–H groups in total. The number of aromatic nitrogens is 4. The van der Waals surface area contributed by atoms with E-state index >= 15 is 0 Å². The van der Waals surface area contributed by atoms with Gasteiger partial charge in [0, 0.05) is 11.9 Å². The summed E-state index contributed by atoms with van der Waals surface area (Å²) in [5.41, 5.74) is 2.77. The van der Waals surface area contributed by atoms with Gasteiger partial charge in [0.2, 0.25) is 5.95 Å². The number of nitrogens with zero attached hydrogens (tertiary/aromatic N) is 5. The number of hydrogen-bond donors (Lipinski definition) is 0. The number of anilines is 1. The van der Waals surface area contributed by atoms with Crippen LogP contribution in [0.5, 0.6) is 5.75 Å². The van der Waals surface area contributed by atoms with Crippen LogP contribution in [0.15, 0.2) is 36.0 Å². The molecule has 9 heteroatoms. The van der Waals surface area contributed by atoms with Crippen LogP contribution >= 0.6 is 19.5 Å². The molecule has 29 heavy (non-hydrogen) atoms. The highest BCUT2D eigenvalue weighted by Gasteiger charge is 2.26. The quantitative estimate of drug-likeness (QED) is 0.453. The van der Waals surface area contributed by atoms with E-state index in [0.717, 1.165) is 39.4 Å². The molecule has 7 nitrogen and oxygen atoms in total. The molecule has 5 rings (SSSR count). The van der Waals surface area contributed by atoms with E-state index in [1.54, 1.807) is 17.7 Å². The van der Waals surface area contributed by atoms with Gasteiger partial charge in [-0.3, -0.25) is 4.57 Å². The van der Waals surface area contributed by atoms with Crippen molar-refractivity contribution in [2.24, 2.45) is 0 Å². The van der Waals surface area contributed by atoms with Crippen molar-refractivity contribution in [1.29, 1.82) is 0 Å². The zero-order valence-electron chi connectivity index (χ0n) is 16.6. The van der Waals surface area contributed by atoms with Gasteiger partial charge in [0.25, 0.3) is 0 Å². The van der Waals surface area contributed by atoms with Crippen molar-refractivity contribution in [3.63, 3.8) is 0 Å². The lowest BCUT2D eigenvalue weighted by Gasteiger charge is -2.34. The number of imidazole rings is 1. The van der Waals surface area contributed by atoms with E-state index < -0.39 is 8.15 Å². The van der Waals surface area contributed by atoms with Gasteiger partial charge in [0.1, 0.15) is 11.8 Å². The summed E-state index contributed by atoms with van der Waals surface area (Å²) in [6.45, 7) is 8.55. The average Bonchev–Trinajstić information content (AvgIpc) is 3.32. The van der Waals surface area contributed by atoms with Crippen LogP contribution in [0.2, 0.25) is 0 Å². The van der Waals surface area contributed by atoms with Gasteiger partial charge in [0.05, 0.1) is 43.1 Å². The molecule has 3 aromatic heterocycles. The van der Waals surface area contributed by atoms with E-state index in [9.17, 15) is 0 Å². The molecule has 4 aromatic rings. The maximum absolute atomic E-state index is 6.11. The summed E-state index contributed by atoms with van der Waals surface area (Å²) in [6.07, 6.45) is 1.79. The predicted molar refractivity (Wildman–Crippen MR) is 119 cm³/mol. The van der Waals surface area contributed by atoms with Gasteiger partial charge < -0.3 is 14.2 Å². The Balaban J connectivity index is 1.73. The van der Waals surface area contributed by atoms with Crippen LogP contribution in [0.4, 0.5) is 5.82 Å². The largest absolute Gasteiger partial charge is 0.471 e. The topological polar surface area (TPSA) is 65.3 Å². The van der Waals surface area contributed by atoms with Gasteiger partial charge in [-0.05, 0) is 32.4 Å². The highest BCUT2D eigenvalue weighted by Crippen LogP contribution is 2.42. The molecule has 4 heterocycles. The molecule has 0 radical (unpaired) electrons. The molecule has 0 bridgehead atoms. The van der Waals surface area contributed by atoms with E-state index in [1.165, 1.54) is 0 Å². The Bertz CT molecular complexity index is 1170. The number of para-hydroxylation sites is 2. The summed E-state index contributed by atoms with van der Waals surface area (Å²) in [4.78, 5) is 16.7. The third-order valence-electron chi connectivity index (χ3n) is 4.94. The molecule has 0 unspecified atom stereocenters. The molecule has 0 spiro atoms. The van der Waals surface area contributed by atoms with Crippen molar-refractivity contribution in [2.75, 3.05) is 38.0 Å². The first kappa shape index (κ1) is 18.7. The van der Waals surface area contributed by atoms with Gasteiger partial charge in [-0.25, -0.2) is 9.97 Å². The van der Waals surface area contributed by atoms with Crippen molar-refractivity contribution in [1.82, 2.24) is 19.5 Å². The number of rotatable bonds is 4. The molecule has 1 aliphatic rings. The van der Waals surface area contributed by atoms with Gasteiger partial charge >= 0.3 is 0 Å². The average molecular weight is 427 g/mol. The zero-order chi connectivity index (χ0) is 20.0. The second kappa shape index (κ2) is 7.52. The van der Waals surface area contributed by atoms with Gasteiger partial charge in [0.15, 0.2) is 11.6 Å². The fourth-order valence-electron chi connectivity index (χ4n) is 3.60. The van der Waals surface area contributed by atoms with Crippen LogP contribution in [-0.2, 0) is 4.74 Å². The second-order valence-corrected chi connectivity index (χ2v) is 9.94. The number of fused-ring (bicyclic) bond motifs is 2. The summed E-state index contributed by atoms with van der Waals surface area (Å²) >= 11 is 1.64. The van der Waals surface area contributed by atoms with Crippen LogP contribution in [-0.4, -0.2) is 58.6 Å². The van der Waals surface area contributed by atoms with Crippen LogP contribution in [0.3, 0.4) is 0 Å². The molecule has 1 saturated heterocycles. The van der Waals surface area contributed by atoms with Crippen molar-refractivity contribution in [3.05, 3.63) is 36.0 Å². The fraction of sp³-hybridized carbons (Fsp3) is 0.350. The number of ether oxygens (including phenoxy) is 1. The molecule has 0 aliphatic carbocycles. The third-order valence-corrected chi connectivity index (χ3v) is 6.45. The molecular weight excluding hydrogens is 405 g/mol. The minimum absolute atomic E-state index is 0.246.